The summed E-state index contributed by atoms with van der Waals surface area (Å²) in [6, 6.07) is 57.9. The molecular formula is C46H27N3OS. The molecule has 0 saturated carbocycles. The van der Waals surface area contributed by atoms with Crippen molar-refractivity contribution in [2.75, 3.05) is 0 Å². The molecule has 4 heterocycles. The van der Waals surface area contributed by atoms with Gasteiger partial charge in [-0.1, -0.05) is 115 Å². The lowest BCUT2D eigenvalue weighted by atomic mass is 9.94. The summed E-state index contributed by atoms with van der Waals surface area (Å²) < 4.78 is 11.3. The molecule has 0 N–H and O–H groups in total. The molecule has 0 saturated heterocycles. The van der Waals surface area contributed by atoms with Gasteiger partial charge in [-0.15, -0.1) is 11.3 Å². The van der Waals surface area contributed by atoms with Crippen LogP contribution in [0.4, 0.5) is 0 Å². The third kappa shape index (κ3) is 4.38. The fourth-order valence-electron chi connectivity index (χ4n) is 7.68. The first-order valence-electron chi connectivity index (χ1n) is 17.1. The van der Waals surface area contributed by atoms with Gasteiger partial charge in [0.2, 0.25) is 11.7 Å². The number of fused-ring (bicyclic) bond motifs is 9. The molecule has 11 aromatic rings. The first-order valence-corrected chi connectivity index (χ1v) is 17.9. The molecule has 0 radical (unpaired) electrons. The lowest BCUT2D eigenvalue weighted by Crippen LogP contribution is -2.03. The predicted octanol–water partition coefficient (Wildman–Crippen LogP) is 12.8. The number of thiophene rings is 1. The van der Waals surface area contributed by atoms with Gasteiger partial charge in [0.1, 0.15) is 5.58 Å². The Morgan fingerprint density at radius 3 is 1.82 bits per heavy atom. The van der Waals surface area contributed by atoms with E-state index in [0.717, 1.165) is 60.9 Å². The largest absolute Gasteiger partial charge is 0.437 e. The summed E-state index contributed by atoms with van der Waals surface area (Å²) in [6.45, 7) is 0. The third-order valence-electron chi connectivity index (χ3n) is 10.0. The van der Waals surface area contributed by atoms with E-state index < -0.39 is 0 Å². The molecule has 0 aliphatic rings. The van der Waals surface area contributed by atoms with Gasteiger partial charge in [-0.25, -0.2) is 4.98 Å². The second-order valence-corrected chi connectivity index (χ2v) is 14.1. The van der Waals surface area contributed by atoms with Crippen LogP contribution in [0.2, 0.25) is 0 Å². The maximum atomic E-state index is 6.56. The van der Waals surface area contributed by atoms with Crippen LogP contribution in [0.5, 0.6) is 0 Å². The molecule has 51 heavy (non-hydrogen) atoms. The number of nitrogens with zero attached hydrogens (tertiary/aromatic N) is 3. The van der Waals surface area contributed by atoms with Crippen molar-refractivity contribution in [3.63, 3.8) is 0 Å². The van der Waals surface area contributed by atoms with Crippen molar-refractivity contribution < 1.29 is 4.42 Å². The topological polar surface area (TPSA) is 43.9 Å². The van der Waals surface area contributed by atoms with Crippen LogP contribution in [0.3, 0.4) is 0 Å². The Bertz CT molecular complexity index is 3080. The smallest absolute Gasteiger partial charge is 0.238 e. The summed E-state index contributed by atoms with van der Waals surface area (Å²) in [5.74, 6) is 0.577. The number of hydrogen-bond donors (Lipinski definition) is 0. The molecule has 0 aliphatic carbocycles. The Kier molecular flexibility index (Phi) is 6.09. The molecule has 0 aliphatic heterocycles. The molecule has 0 atom stereocenters. The van der Waals surface area contributed by atoms with Crippen LogP contribution in [-0.2, 0) is 0 Å². The van der Waals surface area contributed by atoms with E-state index in [0.29, 0.717) is 11.7 Å². The van der Waals surface area contributed by atoms with Gasteiger partial charge in [0.25, 0.3) is 0 Å². The van der Waals surface area contributed by atoms with Gasteiger partial charge < -0.3 is 4.42 Å². The van der Waals surface area contributed by atoms with Crippen LogP contribution < -0.4 is 0 Å². The molecule has 0 unspecified atom stereocenters. The van der Waals surface area contributed by atoms with Crippen molar-refractivity contribution in [1.82, 2.24) is 14.5 Å². The minimum absolute atomic E-state index is 0.565. The molecule has 7 aromatic carbocycles. The van der Waals surface area contributed by atoms with Crippen LogP contribution in [0.15, 0.2) is 168 Å². The average Bonchev–Trinajstić information content (AvgIpc) is 3.86. The molecule has 5 heteroatoms. The van der Waals surface area contributed by atoms with Crippen LogP contribution >= 0.6 is 11.3 Å². The first kappa shape index (κ1) is 28.3. The minimum atomic E-state index is 0.565. The number of aromatic nitrogens is 3. The molecule has 0 fully saturated rings. The first-order chi connectivity index (χ1) is 25.3. The Labute approximate surface area is 296 Å². The molecule has 0 amide bonds. The summed E-state index contributed by atoms with van der Waals surface area (Å²) in [6.07, 6.45) is 0. The van der Waals surface area contributed by atoms with E-state index >= 15 is 0 Å². The zero-order chi connectivity index (χ0) is 33.5. The molecule has 0 spiro atoms. The summed E-state index contributed by atoms with van der Waals surface area (Å²) in [5, 5.41) is 6.74. The highest BCUT2D eigenvalue weighted by atomic mass is 32.1. The van der Waals surface area contributed by atoms with E-state index in [2.05, 4.69) is 150 Å². The van der Waals surface area contributed by atoms with E-state index in [9.17, 15) is 0 Å². The van der Waals surface area contributed by atoms with Crippen LogP contribution in [0, 0.1) is 0 Å². The predicted molar refractivity (Wildman–Crippen MR) is 213 cm³/mol. The van der Waals surface area contributed by atoms with Crippen LogP contribution in [-0.4, -0.2) is 14.5 Å². The van der Waals surface area contributed by atoms with Crippen molar-refractivity contribution in [3.05, 3.63) is 164 Å². The molecule has 238 valence electrons. The van der Waals surface area contributed by atoms with Crippen molar-refractivity contribution in [3.8, 4) is 39.5 Å². The average molecular weight is 670 g/mol. The summed E-state index contributed by atoms with van der Waals surface area (Å²) >= 11 is 1.84. The van der Waals surface area contributed by atoms with Gasteiger partial charge >= 0.3 is 0 Å². The normalized spacial score (nSPS) is 11.9. The maximum Gasteiger partial charge on any atom is 0.238 e. The summed E-state index contributed by atoms with van der Waals surface area (Å²) in [4.78, 5) is 10.8. The van der Waals surface area contributed by atoms with Crippen molar-refractivity contribution in [2.24, 2.45) is 0 Å². The van der Waals surface area contributed by atoms with Crippen molar-refractivity contribution in [1.29, 1.82) is 0 Å². The van der Waals surface area contributed by atoms with Gasteiger partial charge in [0, 0.05) is 41.9 Å². The summed E-state index contributed by atoms with van der Waals surface area (Å²) in [7, 11) is 0. The number of hydrogen-bond acceptors (Lipinski definition) is 4. The van der Waals surface area contributed by atoms with E-state index in [4.69, 9.17) is 14.4 Å². The number of furan rings is 1. The fraction of sp³-hybridized carbons (Fsp3) is 0. The number of benzene rings is 7. The Hall–Kier alpha value is -6.56. The molecular weight excluding hydrogens is 643 g/mol. The highest BCUT2D eigenvalue weighted by Gasteiger charge is 2.22. The van der Waals surface area contributed by atoms with E-state index in [1.807, 2.05) is 29.5 Å². The Balaban J connectivity index is 1.25. The van der Waals surface area contributed by atoms with Gasteiger partial charge in [0.05, 0.1) is 22.1 Å². The van der Waals surface area contributed by atoms with Crippen LogP contribution in [0.25, 0.3) is 104 Å². The van der Waals surface area contributed by atoms with Gasteiger partial charge in [-0.05, 0) is 70.8 Å². The molecule has 11 rings (SSSR count). The SMILES string of the molecule is c1ccc(-c2cc(-c3ccccc3)cc(-c3nc(-n4c5ccccc5c5cc6sc7ccccc7c6cc54)nc4oc5ccccc5c34)c2)cc1. The van der Waals surface area contributed by atoms with E-state index in [1.54, 1.807) is 0 Å². The van der Waals surface area contributed by atoms with Gasteiger partial charge in [-0.3, -0.25) is 4.57 Å². The van der Waals surface area contributed by atoms with E-state index in [1.165, 1.54) is 30.9 Å². The molecule has 0 bridgehead atoms. The lowest BCUT2D eigenvalue weighted by molar-refractivity contribution is 0.651. The zero-order valence-electron chi connectivity index (χ0n) is 27.2. The van der Waals surface area contributed by atoms with Crippen molar-refractivity contribution >= 4 is 75.4 Å². The highest BCUT2D eigenvalue weighted by molar-refractivity contribution is 7.25. The number of rotatable bonds is 4. The fourth-order valence-corrected chi connectivity index (χ4v) is 8.81. The van der Waals surface area contributed by atoms with Gasteiger partial charge in [0.15, 0.2) is 0 Å². The second kappa shape index (κ2) is 11.0. The summed E-state index contributed by atoms with van der Waals surface area (Å²) in [5.41, 5.74) is 9.85. The minimum Gasteiger partial charge on any atom is -0.437 e. The quantitative estimate of drug-likeness (QED) is 0.187. The Morgan fingerprint density at radius 2 is 1.06 bits per heavy atom. The van der Waals surface area contributed by atoms with Gasteiger partial charge in [-0.2, -0.15) is 4.98 Å². The monoisotopic (exact) mass is 669 g/mol. The van der Waals surface area contributed by atoms with E-state index in [-0.39, 0.29) is 0 Å². The second-order valence-electron chi connectivity index (χ2n) is 13.0. The molecule has 4 aromatic heterocycles. The lowest BCUT2D eigenvalue weighted by Gasteiger charge is -2.13. The Morgan fingerprint density at radius 1 is 0.431 bits per heavy atom. The zero-order valence-corrected chi connectivity index (χ0v) is 28.1. The number of para-hydroxylation sites is 2. The third-order valence-corrected chi connectivity index (χ3v) is 11.2. The maximum absolute atomic E-state index is 6.56. The highest BCUT2D eigenvalue weighted by Crippen LogP contribution is 2.42. The van der Waals surface area contributed by atoms with Crippen LogP contribution in [0.1, 0.15) is 0 Å². The molecule has 4 nitrogen and oxygen atoms in total. The van der Waals surface area contributed by atoms with Crippen molar-refractivity contribution in [2.45, 2.75) is 0 Å². The standard InChI is InChI=1S/C46H27N3OS/c1-3-13-28(14-4-1)30-23-31(29-15-5-2-6-16-29)25-32(24-30)44-43-35-19-8-11-21-40(35)50-45(43)48-46(47-44)49-38-20-10-7-17-33(38)36-27-42-37(26-39(36)49)34-18-9-12-22-41(34)51-42/h1-27H.